The zero-order valence-electron chi connectivity index (χ0n) is 11.8. The number of carbonyl (C=O) groups is 1. The summed E-state index contributed by atoms with van der Waals surface area (Å²) < 4.78 is 5.55. The van der Waals surface area contributed by atoms with Gasteiger partial charge >= 0.3 is 0 Å². The highest BCUT2D eigenvalue weighted by molar-refractivity contribution is 5.73. The van der Waals surface area contributed by atoms with E-state index in [1.54, 1.807) is 6.92 Å². The number of hydrogen-bond donors (Lipinski definition) is 1. The molecule has 18 heavy (non-hydrogen) atoms. The fraction of sp³-hybridized carbons (Fsp3) is 0.933. The quantitative estimate of drug-likeness (QED) is 0.840. The summed E-state index contributed by atoms with van der Waals surface area (Å²) in [6.07, 6.45) is 10.5. The first-order chi connectivity index (χ1) is 8.70. The van der Waals surface area contributed by atoms with Crippen LogP contribution in [0.3, 0.4) is 0 Å². The summed E-state index contributed by atoms with van der Waals surface area (Å²) in [5.74, 6) is 1.55. The van der Waals surface area contributed by atoms with Crippen molar-refractivity contribution in [2.45, 2.75) is 70.4 Å². The average Bonchev–Trinajstić information content (AvgIpc) is 2.39. The molecule has 0 aromatic heterocycles. The molecule has 3 nitrogen and oxygen atoms in total. The summed E-state index contributed by atoms with van der Waals surface area (Å²) in [5, 5.41) is 3.18. The molecular weight excluding hydrogens is 226 g/mol. The van der Waals surface area contributed by atoms with Crippen LogP contribution in [0.4, 0.5) is 0 Å². The third kappa shape index (κ3) is 3.47. The van der Waals surface area contributed by atoms with E-state index < -0.39 is 0 Å². The number of nitrogens with one attached hydrogen (secondary N) is 1. The monoisotopic (exact) mass is 253 g/mol. The SMILES string of the molecule is CO[C@@H]1CC[C@@H](NC(C)=O)[C@@H](C2CCCCC2)C1. The van der Waals surface area contributed by atoms with Crippen molar-refractivity contribution >= 4 is 5.91 Å². The summed E-state index contributed by atoms with van der Waals surface area (Å²) in [6, 6.07) is 0.386. The number of hydrogen-bond acceptors (Lipinski definition) is 2. The second kappa shape index (κ2) is 6.55. The molecule has 104 valence electrons. The van der Waals surface area contributed by atoms with E-state index in [-0.39, 0.29) is 5.91 Å². The van der Waals surface area contributed by atoms with Crippen LogP contribution >= 0.6 is 0 Å². The van der Waals surface area contributed by atoms with Crippen LogP contribution in [-0.2, 0) is 9.53 Å². The molecule has 2 saturated carbocycles. The topological polar surface area (TPSA) is 38.3 Å². The first kappa shape index (κ1) is 13.9. The zero-order valence-corrected chi connectivity index (χ0v) is 11.8. The molecule has 0 heterocycles. The normalized spacial score (nSPS) is 34.2. The molecule has 0 bridgehead atoms. The van der Waals surface area contributed by atoms with Gasteiger partial charge in [-0.15, -0.1) is 0 Å². The highest BCUT2D eigenvalue weighted by atomic mass is 16.5. The van der Waals surface area contributed by atoms with Gasteiger partial charge in [0, 0.05) is 20.1 Å². The summed E-state index contributed by atoms with van der Waals surface area (Å²) >= 11 is 0. The number of amides is 1. The van der Waals surface area contributed by atoms with Gasteiger partial charge in [0.25, 0.3) is 0 Å². The van der Waals surface area contributed by atoms with Crippen LogP contribution in [0, 0.1) is 11.8 Å². The maximum Gasteiger partial charge on any atom is 0.217 e. The van der Waals surface area contributed by atoms with Gasteiger partial charge in [0.05, 0.1) is 6.10 Å². The van der Waals surface area contributed by atoms with Gasteiger partial charge in [-0.05, 0) is 31.1 Å². The van der Waals surface area contributed by atoms with Gasteiger partial charge < -0.3 is 10.1 Å². The van der Waals surface area contributed by atoms with E-state index in [4.69, 9.17) is 4.74 Å². The Morgan fingerprint density at radius 2 is 1.83 bits per heavy atom. The lowest BCUT2D eigenvalue weighted by Crippen LogP contribution is -2.47. The third-order valence-electron chi connectivity index (χ3n) is 4.83. The van der Waals surface area contributed by atoms with E-state index in [0.29, 0.717) is 18.1 Å². The van der Waals surface area contributed by atoms with Crippen molar-refractivity contribution in [3.63, 3.8) is 0 Å². The highest BCUT2D eigenvalue weighted by Crippen LogP contribution is 2.39. The van der Waals surface area contributed by atoms with Crippen LogP contribution < -0.4 is 5.32 Å². The Hall–Kier alpha value is -0.570. The lowest BCUT2D eigenvalue weighted by molar-refractivity contribution is -0.121. The molecule has 0 aromatic carbocycles. The van der Waals surface area contributed by atoms with Crippen LogP contribution in [0.25, 0.3) is 0 Å². The van der Waals surface area contributed by atoms with E-state index >= 15 is 0 Å². The van der Waals surface area contributed by atoms with E-state index in [1.807, 2.05) is 7.11 Å². The predicted octanol–water partition coefficient (Wildman–Crippen LogP) is 2.89. The van der Waals surface area contributed by atoms with E-state index in [1.165, 1.54) is 32.1 Å². The first-order valence-corrected chi connectivity index (χ1v) is 7.50. The number of carbonyl (C=O) groups excluding carboxylic acids is 1. The van der Waals surface area contributed by atoms with Crippen molar-refractivity contribution in [3.8, 4) is 0 Å². The smallest absolute Gasteiger partial charge is 0.217 e. The maximum atomic E-state index is 11.3. The minimum atomic E-state index is 0.122. The van der Waals surface area contributed by atoms with Crippen LogP contribution in [0.5, 0.6) is 0 Å². The highest BCUT2D eigenvalue weighted by Gasteiger charge is 2.36. The Morgan fingerprint density at radius 1 is 1.11 bits per heavy atom. The maximum absolute atomic E-state index is 11.3. The van der Waals surface area contributed by atoms with Crippen molar-refractivity contribution < 1.29 is 9.53 Å². The molecule has 3 atom stereocenters. The van der Waals surface area contributed by atoms with Crippen molar-refractivity contribution in [1.29, 1.82) is 0 Å². The second-order valence-corrected chi connectivity index (χ2v) is 6.04. The molecule has 2 fully saturated rings. The van der Waals surface area contributed by atoms with Crippen LogP contribution in [0.15, 0.2) is 0 Å². The lowest BCUT2D eigenvalue weighted by Gasteiger charge is -2.41. The summed E-state index contributed by atoms with van der Waals surface area (Å²) in [7, 11) is 1.82. The Labute approximate surface area is 111 Å². The number of rotatable bonds is 3. The van der Waals surface area contributed by atoms with Gasteiger partial charge in [-0.2, -0.15) is 0 Å². The van der Waals surface area contributed by atoms with Crippen molar-refractivity contribution in [3.05, 3.63) is 0 Å². The largest absolute Gasteiger partial charge is 0.381 e. The minimum Gasteiger partial charge on any atom is -0.381 e. The molecule has 0 spiro atoms. The second-order valence-electron chi connectivity index (χ2n) is 6.04. The molecule has 0 radical (unpaired) electrons. The van der Waals surface area contributed by atoms with E-state index in [0.717, 1.165) is 25.2 Å². The number of methoxy groups -OCH3 is 1. The van der Waals surface area contributed by atoms with Crippen molar-refractivity contribution in [2.24, 2.45) is 11.8 Å². The fourth-order valence-electron chi connectivity index (χ4n) is 3.90. The Morgan fingerprint density at radius 3 is 2.44 bits per heavy atom. The third-order valence-corrected chi connectivity index (χ3v) is 4.83. The summed E-state index contributed by atoms with van der Waals surface area (Å²) in [6.45, 7) is 1.64. The molecule has 1 amide bonds. The zero-order chi connectivity index (χ0) is 13.0. The Kier molecular flexibility index (Phi) is 5.04. The van der Waals surface area contributed by atoms with Crippen LogP contribution in [0.2, 0.25) is 0 Å². The molecule has 0 aromatic rings. The first-order valence-electron chi connectivity index (χ1n) is 7.50. The van der Waals surface area contributed by atoms with Gasteiger partial charge in [0.2, 0.25) is 5.91 Å². The molecule has 0 unspecified atom stereocenters. The van der Waals surface area contributed by atoms with Gasteiger partial charge in [-0.25, -0.2) is 0 Å². The molecule has 0 saturated heterocycles. The molecule has 1 N–H and O–H groups in total. The van der Waals surface area contributed by atoms with Gasteiger partial charge in [0.15, 0.2) is 0 Å². The van der Waals surface area contributed by atoms with Gasteiger partial charge in [-0.1, -0.05) is 32.1 Å². The number of ether oxygens (including phenoxy) is 1. The van der Waals surface area contributed by atoms with E-state index in [9.17, 15) is 4.79 Å². The minimum absolute atomic E-state index is 0.122. The van der Waals surface area contributed by atoms with Crippen molar-refractivity contribution in [1.82, 2.24) is 5.32 Å². The molecule has 2 rings (SSSR count). The summed E-state index contributed by atoms with van der Waals surface area (Å²) in [4.78, 5) is 11.3. The van der Waals surface area contributed by atoms with E-state index in [2.05, 4.69) is 5.32 Å². The average molecular weight is 253 g/mol. The lowest BCUT2D eigenvalue weighted by atomic mass is 9.70. The van der Waals surface area contributed by atoms with Crippen LogP contribution in [-0.4, -0.2) is 25.2 Å². The Bertz CT molecular complexity index is 274. The van der Waals surface area contributed by atoms with Gasteiger partial charge in [0.1, 0.15) is 0 Å². The fourth-order valence-corrected chi connectivity index (χ4v) is 3.90. The summed E-state index contributed by atoms with van der Waals surface area (Å²) in [5.41, 5.74) is 0. The van der Waals surface area contributed by atoms with Crippen molar-refractivity contribution in [2.75, 3.05) is 7.11 Å². The molecule has 2 aliphatic rings. The Balaban J connectivity index is 2.00. The molecular formula is C15H27NO2. The molecule has 2 aliphatic carbocycles. The molecule has 3 heteroatoms. The van der Waals surface area contributed by atoms with Crippen LogP contribution in [0.1, 0.15) is 58.3 Å². The predicted molar refractivity (Wildman–Crippen MR) is 72.3 cm³/mol. The van der Waals surface area contributed by atoms with Gasteiger partial charge in [-0.3, -0.25) is 4.79 Å². The standard InChI is InChI=1S/C15H27NO2/c1-11(17)16-15-9-8-13(18-2)10-14(15)12-6-4-3-5-7-12/h12-15H,3-10H2,1-2H3,(H,16,17)/t13-,14-,15-/m1/s1. The molecule has 0 aliphatic heterocycles.